The molecule has 0 radical (unpaired) electrons. The lowest BCUT2D eigenvalue weighted by Gasteiger charge is -2.07. The molecule has 0 spiro atoms. The van der Waals surface area contributed by atoms with Crippen molar-refractivity contribution in [3.63, 3.8) is 0 Å². The number of hydrogen-bond acceptors (Lipinski definition) is 2. The van der Waals surface area contributed by atoms with Crippen molar-refractivity contribution < 1.29 is 4.39 Å². The van der Waals surface area contributed by atoms with E-state index in [1.165, 1.54) is 6.07 Å². The highest BCUT2D eigenvalue weighted by atomic mass is 35.5. The lowest BCUT2D eigenvalue weighted by molar-refractivity contribution is 0.579. The van der Waals surface area contributed by atoms with E-state index in [4.69, 9.17) is 17.3 Å². The van der Waals surface area contributed by atoms with E-state index in [-0.39, 0.29) is 5.82 Å². The normalized spacial score (nSPS) is 10.8. The summed E-state index contributed by atoms with van der Waals surface area (Å²) in [6.07, 6.45) is 1.56. The maximum absolute atomic E-state index is 13.6. The maximum atomic E-state index is 13.6. The first-order valence-electron chi connectivity index (χ1n) is 5.27. The average Bonchev–Trinajstić information content (AvgIpc) is 2.64. The SMILES string of the molecule is Cc1c(Cl)cnn1Cc1cc(CN)ccc1F. The molecular formula is C12H13ClFN3. The minimum Gasteiger partial charge on any atom is -0.326 e. The van der Waals surface area contributed by atoms with Crippen LogP contribution in [-0.4, -0.2) is 9.78 Å². The van der Waals surface area contributed by atoms with Crippen LogP contribution in [0, 0.1) is 12.7 Å². The molecule has 0 amide bonds. The second-order valence-electron chi connectivity index (χ2n) is 3.87. The molecule has 0 fully saturated rings. The third kappa shape index (κ3) is 2.48. The molecule has 2 rings (SSSR count). The van der Waals surface area contributed by atoms with Gasteiger partial charge in [-0.2, -0.15) is 5.10 Å². The quantitative estimate of drug-likeness (QED) is 0.913. The van der Waals surface area contributed by atoms with Crippen LogP contribution in [0.25, 0.3) is 0 Å². The van der Waals surface area contributed by atoms with E-state index >= 15 is 0 Å². The van der Waals surface area contributed by atoms with Crippen molar-refractivity contribution in [3.8, 4) is 0 Å². The van der Waals surface area contributed by atoms with E-state index in [1.807, 2.05) is 6.92 Å². The van der Waals surface area contributed by atoms with Gasteiger partial charge in [0.25, 0.3) is 0 Å². The summed E-state index contributed by atoms with van der Waals surface area (Å²) in [7, 11) is 0. The molecule has 1 aromatic carbocycles. The molecule has 0 atom stereocenters. The number of halogens is 2. The molecular weight excluding hydrogens is 241 g/mol. The van der Waals surface area contributed by atoms with Crippen molar-refractivity contribution in [1.82, 2.24) is 9.78 Å². The monoisotopic (exact) mass is 253 g/mol. The Labute approximate surface area is 104 Å². The summed E-state index contributed by atoms with van der Waals surface area (Å²) in [6.45, 7) is 2.60. The molecule has 0 aliphatic carbocycles. The fraction of sp³-hybridized carbons (Fsp3) is 0.250. The Morgan fingerprint density at radius 3 is 2.82 bits per heavy atom. The van der Waals surface area contributed by atoms with Gasteiger partial charge in [-0.3, -0.25) is 4.68 Å². The van der Waals surface area contributed by atoms with Gasteiger partial charge in [0.2, 0.25) is 0 Å². The first-order valence-corrected chi connectivity index (χ1v) is 5.65. The Kier molecular flexibility index (Phi) is 3.45. The van der Waals surface area contributed by atoms with E-state index in [0.29, 0.717) is 23.7 Å². The fourth-order valence-corrected chi connectivity index (χ4v) is 1.76. The zero-order valence-electron chi connectivity index (χ0n) is 9.45. The minimum absolute atomic E-state index is 0.256. The van der Waals surface area contributed by atoms with Crippen molar-refractivity contribution in [2.24, 2.45) is 5.73 Å². The highest BCUT2D eigenvalue weighted by Gasteiger charge is 2.08. The molecule has 0 aliphatic heterocycles. The lowest BCUT2D eigenvalue weighted by atomic mass is 10.1. The summed E-state index contributed by atoms with van der Waals surface area (Å²) in [5, 5.41) is 4.68. The second-order valence-corrected chi connectivity index (χ2v) is 4.27. The van der Waals surface area contributed by atoms with Crippen molar-refractivity contribution in [1.29, 1.82) is 0 Å². The van der Waals surface area contributed by atoms with E-state index in [1.54, 1.807) is 23.0 Å². The van der Waals surface area contributed by atoms with Gasteiger partial charge >= 0.3 is 0 Å². The number of rotatable bonds is 3. The minimum atomic E-state index is -0.256. The smallest absolute Gasteiger partial charge is 0.128 e. The van der Waals surface area contributed by atoms with E-state index < -0.39 is 0 Å². The zero-order valence-corrected chi connectivity index (χ0v) is 10.2. The Hall–Kier alpha value is -1.39. The molecule has 0 aliphatic rings. The maximum Gasteiger partial charge on any atom is 0.128 e. The molecule has 2 N–H and O–H groups in total. The summed E-state index contributed by atoms with van der Waals surface area (Å²) >= 11 is 5.90. The average molecular weight is 254 g/mol. The number of aromatic nitrogens is 2. The van der Waals surface area contributed by atoms with E-state index in [9.17, 15) is 4.39 Å². The Bertz CT molecular complexity index is 537. The van der Waals surface area contributed by atoms with E-state index in [2.05, 4.69) is 5.10 Å². The Morgan fingerprint density at radius 2 is 2.24 bits per heavy atom. The van der Waals surface area contributed by atoms with Gasteiger partial charge in [-0.1, -0.05) is 17.7 Å². The molecule has 0 bridgehead atoms. The molecule has 17 heavy (non-hydrogen) atoms. The summed E-state index contributed by atoms with van der Waals surface area (Å²) in [5.41, 5.74) is 7.82. The number of nitrogens with zero attached hydrogens (tertiary/aromatic N) is 2. The molecule has 1 heterocycles. The molecule has 3 nitrogen and oxygen atoms in total. The van der Waals surface area contributed by atoms with Crippen LogP contribution in [0.3, 0.4) is 0 Å². The molecule has 1 aromatic heterocycles. The van der Waals surface area contributed by atoms with Crippen molar-refractivity contribution in [2.45, 2.75) is 20.0 Å². The number of hydrogen-bond donors (Lipinski definition) is 1. The number of benzene rings is 1. The highest BCUT2D eigenvalue weighted by Crippen LogP contribution is 2.17. The lowest BCUT2D eigenvalue weighted by Crippen LogP contribution is -2.07. The van der Waals surface area contributed by atoms with Crippen LogP contribution >= 0.6 is 11.6 Å². The summed E-state index contributed by atoms with van der Waals surface area (Å²) in [5.74, 6) is -0.256. The van der Waals surface area contributed by atoms with Gasteiger partial charge < -0.3 is 5.73 Å². The van der Waals surface area contributed by atoms with E-state index in [0.717, 1.165) is 11.3 Å². The van der Waals surface area contributed by atoms with Crippen molar-refractivity contribution >= 4 is 11.6 Å². The van der Waals surface area contributed by atoms with Crippen LogP contribution in [-0.2, 0) is 13.1 Å². The molecule has 5 heteroatoms. The molecule has 0 saturated heterocycles. The standard InChI is InChI=1S/C12H13ClFN3/c1-8-11(13)6-16-17(8)7-10-4-9(5-15)2-3-12(10)14/h2-4,6H,5,7,15H2,1H3. The predicted octanol–water partition coefficient (Wildman–Crippen LogP) is 2.49. The highest BCUT2D eigenvalue weighted by molar-refractivity contribution is 6.31. The topological polar surface area (TPSA) is 43.8 Å². The first-order chi connectivity index (χ1) is 8.11. The summed E-state index contributed by atoms with van der Waals surface area (Å²) in [4.78, 5) is 0. The Balaban J connectivity index is 2.32. The fourth-order valence-electron chi connectivity index (χ4n) is 1.62. The third-order valence-electron chi connectivity index (χ3n) is 2.71. The summed E-state index contributed by atoms with van der Waals surface area (Å²) < 4.78 is 15.3. The van der Waals surface area contributed by atoms with Gasteiger partial charge in [0.15, 0.2) is 0 Å². The van der Waals surface area contributed by atoms with Crippen LogP contribution in [0.4, 0.5) is 4.39 Å². The van der Waals surface area contributed by atoms with Crippen molar-refractivity contribution in [3.05, 3.63) is 52.1 Å². The largest absolute Gasteiger partial charge is 0.326 e. The third-order valence-corrected chi connectivity index (χ3v) is 3.08. The molecule has 0 unspecified atom stereocenters. The molecule has 90 valence electrons. The van der Waals surface area contributed by atoms with Crippen molar-refractivity contribution in [2.75, 3.05) is 0 Å². The van der Waals surface area contributed by atoms with Gasteiger partial charge in [0, 0.05) is 12.1 Å². The van der Waals surface area contributed by atoms with Crippen LogP contribution in [0.15, 0.2) is 24.4 Å². The Morgan fingerprint density at radius 1 is 1.47 bits per heavy atom. The van der Waals surface area contributed by atoms with Crippen LogP contribution in [0.5, 0.6) is 0 Å². The van der Waals surface area contributed by atoms with Gasteiger partial charge in [0.1, 0.15) is 5.82 Å². The van der Waals surface area contributed by atoms with Gasteiger partial charge in [-0.15, -0.1) is 0 Å². The zero-order chi connectivity index (χ0) is 12.4. The van der Waals surface area contributed by atoms with Crippen LogP contribution in [0.2, 0.25) is 5.02 Å². The predicted molar refractivity (Wildman–Crippen MR) is 65.4 cm³/mol. The van der Waals surface area contributed by atoms with Gasteiger partial charge in [-0.25, -0.2) is 4.39 Å². The molecule has 0 saturated carbocycles. The first kappa shape index (κ1) is 12.1. The summed E-state index contributed by atoms with van der Waals surface area (Å²) in [6, 6.07) is 4.87. The second kappa shape index (κ2) is 4.85. The van der Waals surface area contributed by atoms with Crippen LogP contribution in [0.1, 0.15) is 16.8 Å². The van der Waals surface area contributed by atoms with Gasteiger partial charge in [-0.05, 0) is 24.6 Å². The van der Waals surface area contributed by atoms with Gasteiger partial charge in [0.05, 0.1) is 23.5 Å². The molecule has 2 aromatic rings. The van der Waals surface area contributed by atoms with Crippen LogP contribution < -0.4 is 5.73 Å². The number of nitrogens with two attached hydrogens (primary N) is 1.